The molecule has 1 heterocycles. The minimum Gasteiger partial charge on any atom is -0.383 e. The van der Waals surface area contributed by atoms with Crippen LogP contribution in [0, 0.1) is 32.1 Å². The van der Waals surface area contributed by atoms with Gasteiger partial charge in [0.1, 0.15) is 17.5 Å². The van der Waals surface area contributed by atoms with E-state index in [1.54, 1.807) is 0 Å². The minimum atomic E-state index is 0.265. The molecule has 0 amide bonds. The highest BCUT2D eigenvalue weighted by atomic mass is 79.9. The van der Waals surface area contributed by atoms with E-state index in [2.05, 4.69) is 59.0 Å². The second kappa shape index (κ2) is 6.70. The highest BCUT2D eigenvalue weighted by Gasteiger charge is 2.19. The molecule has 1 aromatic heterocycles. The van der Waals surface area contributed by atoms with Crippen molar-refractivity contribution in [1.29, 1.82) is 5.26 Å². The van der Waals surface area contributed by atoms with E-state index < -0.39 is 0 Å². The van der Waals surface area contributed by atoms with Gasteiger partial charge in [-0.3, -0.25) is 0 Å². The Morgan fingerprint density at radius 3 is 2.32 bits per heavy atom. The Kier molecular flexibility index (Phi) is 4.61. The number of nitriles is 1. The van der Waals surface area contributed by atoms with Crippen molar-refractivity contribution in [2.75, 3.05) is 5.73 Å². The van der Waals surface area contributed by atoms with Crippen molar-refractivity contribution in [2.45, 2.75) is 20.8 Å². The molecule has 0 aliphatic rings. The maximum Gasteiger partial charge on any atom is 0.142 e. The molecule has 3 rings (SSSR count). The summed E-state index contributed by atoms with van der Waals surface area (Å²) < 4.78 is 1.00. The molecule has 0 fully saturated rings. The van der Waals surface area contributed by atoms with E-state index in [1.807, 2.05) is 31.2 Å². The van der Waals surface area contributed by atoms with Crippen molar-refractivity contribution in [3.05, 3.63) is 69.2 Å². The lowest BCUT2D eigenvalue weighted by atomic mass is 9.90. The second-order valence-electron chi connectivity index (χ2n) is 6.16. The van der Waals surface area contributed by atoms with Gasteiger partial charge in [-0.2, -0.15) is 5.26 Å². The minimum absolute atomic E-state index is 0.265. The average molecular weight is 392 g/mol. The summed E-state index contributed by atoms with van der Waals surface area (Å²) in [6.45, 7) is 6.11. The van der Waals surface area contributed by atoms with Crippen LogP contribution in [-0.4, -0.2) is 4.98 Å². The first kappa shape index (κ1) is 17.2. The molecule has 0 saturated heterocycles. The van der Waals surface area contributed by atoms with Crippen LogP contribution < -0.4 is 5.73 Å². The van der Waals surface area contributed by atoms with Crippen LogP contribution in [0.25, 0.3) is 22.4 Å². The number of hydrogen-bond donors (Lipinski definition) is 1. The number of rotatable bonds is 2. The number of anilines is 1. The van der Waals surface area contributed by atoms with E-state index in [4.69, 9.17) is 5.73 Å². The summed E-state index contributed by atoms with van der Waals surface area (Å²) in [5, 5.41) is 9.65. The van der Waals surface area contributed by atoms with Crippen molar-refractivity contribution in [2.24, 2.45) is 0 Å². The maximum atomic E-state index is 9.65. The van der Waals surface area contributed by atoms with Crippen LogP contribution in [0.3, 0.4) is 0 Å². The molecule has 25 heavy (non-hydrogen) atoms. The molecule has 2 N–H and O–H groups in total. The topological polar surface area (TPSA) is 62.7 Å². The zero-order valence-electron chi connectivity index (χ0n) is 14.4. The highest BCUT2D eigenvalue weighted by Crippen LogP contribution is 2.37. The molecule has 0 bridgehead atoms. The standard InChI is InChI=1S/C21H18BrN3/c1-12-4-9-17(13(2)10-12)19-14(3)20(25-21(24)18(19)11-23)15-5-7-16(22)8-6-15/h4-10H,1-3H3,(H2,24,25). The fraction of sp³-hybridized carbons (Fsp3) is 0.143. The molecule has 0 saturated carbocycles. The van der Waals surface area contributed by atoms with E-state index in [-0.39, 0.29) is 5.82 Å². The summed E-state index contributed by atoms with van der Waals surface area (Å²) in [6.07, 6.45) is 0. The first-order chi connectivity index (χ1) is 11.9. The van der Waals surface area contributed by atoms with Crippen molar-refractivity contribution in [1.82, 2.24) is 4.98 Å². The van der Waals surface area contributed by atoms with Gasteiger partial charge in [0, 0.05) is 15.6 Å². The van der Waals surface area contributed by atoms with Gasteiger partial charge >= 0.3 is 0 Å². The number of nitrogen functional groups attached to an aromatic ring is 1. The summed E-state index contributed by atoms with van der Waals surface area (Å²) in [5.41, 5.74) is 13.5. The predicted octanol–water partition coefficient (Wildman–Crippen LogP) is 5.56. The number of aromatic nitrogens is 1. The Balaban J connectivity index is 2.34. The first-order valence-electron chi connectivity index (χ1n) is 7.96. The third-order valence-electron chi connectivity index (χ3n) is 4.35. The molecule has 124 valence electrons. The molecule has 3 aromatic rings. The summed E-state index contributed by atoms with van der Waals surface area (Å²) in [7, 11) is 0. The van der Waals surface area contributed by atoms with Gasteiger partial charge in [-0.15, -0.1) is 0 Å². The molecular formula is C21H18BrN3. The first-order valence-corrected chi connectivity index (χ1v) is 8.75. The quantitative estimate of drug-likeness (QED) is 0.621. The second-order valence-corrected chi connectivity index (χ2v) is 7.07. The van der Waals surface area contributed by atoms with Gasteiger partial charge in [-0.1, -0.05) is 51.8 Å². The Hall–Kier alpha value is -2.64. The van der Waals surface area contributed by atoms with Gasteiger partial charge in [0.15, 0.2) is 0 Å². The van der Waals surface area contributed by atoms with Gasteiger partial charge < -0.3 is 5.73 Å². The number of benzene rings is 2. The number of aryl methyl sites for hydroxylation is 2. The molecule has 0 aliphatic carbocycles. The van der Waals surface area contributed by atoms with Gasteiger partial charge in [0.05, 0.1) is 5.69 Å². The summed E-state index contributed by atoms with van der Waals surface area (Å²) in [4.78, 5) is 4.52. The number of hydrogen-bond acceptors (Lipinski definition) is 3. The van der Waals surface area contributed by atoms with Gasteiger partial charge in [-0.05, 0) is 49.6 Å². The Morgan fingerprint density at radius 1 is 1.04 bits per heavy atom. The van der Waals surface area contributed by atoms with Crippen molar-refractivity contribution < 1.29 is 0 Å². The third kappa shape index (κ3) is 3.16. The van der Waals surface area contributed by atoms with E-state index in [0.29, 0.717) is 5.56 Å². The fourth-order valence-corrected chi connectivity index (χ4v) is 3.39. The maximum absolute atomic E-state index is 9.65. The summed E-state index contributed by atoms with van der Waals surface area (Å²) in [6, 6.07) is 16.4. The lowest BCUT2D eigenvalue weighted by molar-refractivity contribution is 1.25. The van der Waals surface area contributed by atoms with Crippen molar-refractivity contribution in [3.8, 4) is 28.5 Å². The molecule has 2 aromatic carbocycles. The predicted molar refractivity (Wildman–Crippen MR) is 106 cm³/mol. The van der Waals surface area contributed by atoms with Crippen molar-refractivity contribution >= 4 is 21.7 Å². The van der Waals surface area contributed by atoms with Crippen LogP contribution in [0.2, 0.25) is 0 Å². The summed E-state index contributed by atoms with van der Waals surface area (Å²) >= 11 is 3.45. The van der Waals surface area contributed by atoms with Crippen LogP contribution in [0.15, 0.2) is 46.9 Å². The van der Waals surface area contributed by atoms with E-state index >= 15 is 0 Å². The largest absolute Gasteiger partial charge is 0.383 e. The van der Waals surface area contributed by atoms with E-state index in [1.165, 1.54) is 5.56 Å². The Morgan fingerprint density at radius 2 is 1.72 bits per heavy atom. The molecule has 0 aliphatic heterocycles. The average Bonchev–Trinajstić information content (AvgIpc) is 2.58. The van der Waals surface area contributed by atoms with Crippen LogP contribution in [0.1, 0.15) is 22.3 Å². The highest BCUT2D eigenvalue weighted by molar-refractivity contribution is 9.10. The van der Waals surface area contributed by atoms with Gasteiger partial charge in [-0.25, -0.2) is 4.98 Å². The zero-order valence-corrected chi connectivity index (χ0v) is 16.0. The zero-order chi connectivity index (χ0) is 18.1. The van der Waals surface area contributed by atoms with Crippen LogP contribution in [-0.2, 0) is 0 Å². The Bertz CT molecular complexity index is 999. The number of nitrogens with zero attached hydrogens (tertiary/aromatic N) is 2. The molecule has 0 unspecified atom stereocenters. The number of halogens is 1. The SMILES string of the molecule is Cc1ccc(-c2c(C)c(-c3ccc(Br)cc3)nc(N)c2C#N)c(C)c1. The molecule has 0 atom stereocenters. The molecule has 0 radical (unpaired) electrons. The molecule has 4 heteroatoms. The normalized spacial score (nSPS) is 10.5. The monoisotopic (exact) mass is 391 g/mol. The van der Waals surface area contributed by atoms with Crippen LogP contribution in [0.4, 0.5) is 5.82 Å². The molecular weight excluding hydrogens is 374 g/mol. The van der Waals surface area contributed by atoms with Gasteiger partial charge in [0.2, 0.25) is 0 Å². The number of pyridine rings is 1. The fourth-order valence-electron chi connectivity index (χ4n) is 3.13. The van der Waals surface area contributed by atoms with Crippen LogP contribution >= 0.6 is 15.9 Å². The molecule has 0 spiro atoms. The third-order valence-corrected chi connectivity index (χ3v) is 4.88. The Labute approximate surface area is 156 Å². The molecule has 3 nitrogen and oxygen atoms in total. The summed E-state index contributed by atoms with van der Waals surface area (Å²) in [5.74, 6) is 0.265. The van der Waals surface area contributed by atoms with Crippen LogP contribution in [0.5, 0.6) is 0 Å². The number of nitrogens with two attached hydrogens (primary N) is 1. The lowest BCUT2D eigenvalue weighted by Gasteiger charge is -2.17. The smallest absolute Gasteiger partial charge is 0.142 e. The lowest BCUT2D eigenvalue weighted by Crippen LogP contribution is -2.04. The van der Waals surface area contributed by atoms with E-state index in [0.717, 1.165) is 38.0 Å². The van der Waals surface area contributed by atoms with Crippen molar-refractivity contribution in [3.63, 3.8) is 0 Å². The van der Waals surface area contributed by atoms with E-state index in [9.17, 15) is 5.26 Å². The van der Waals surface area contributed by atoms with Gasteiger partial charge in [0.25, 0.3) is 0 Å².